The Bertz CT molecular complexity index is 1270. The lowest BCUT2D eigenvalue weighted by Crippen LogP contribution is -2.17. The van der Waals surface area contributed by atoms with Crippen LogP contribution in [0.25, 0.3) is 16.9 Å². The van der Waals surface area contributed by atoms with E-state index in [1.54, 1.807) is 30.5 Å². The number of rotatable bonds is 5. The van der Waals surface area contributed by atoms with E-state index < -0.39 is 0 Å². The molecular formula is C25H19I2N3O2. The molecule has 0 bridgehead atoms. The van der Waals surface area contributed by atoms with E-state index in [2.05, 4.69) is 91.5 Å². The highest BCUT2D eigenvalue weighted by atomic mass is 127. The fourth-order valence-electron chi connectivity index (χ4n) is 3.37. The highest BCUT2D eigenvalue weighted by molar-refractivity contribution is 14.1. The molecule has 0 saturated carbocycles. The number of nitrogens with one attached hydrogen (secondary N) is 1. The molecule has 0 saturated heterocycles. The number of amides is 1. The van der Waals surface area contributed by atoms with Gasteiger partial charge in [0.05, 0.1) is 19.0 Å². The summed E-state index contributed by atoms with van der Waals surface area (Å²) >= 11 is 4.12. The lowest BCUT2D eigenvalue weighted by atomic mass is 10.1. The Hall–Kier alpha value is -2.66. The zero-order valence-electron chi connectivity index (χ0n) is 17.1. The van der Waals surface area contributed by atoms with Gasteiger partial charge in [-0.1, -0.05) is 30.3 Å². The molecule has 32 heavy (non-hydrogen) atoms. The first-order valence-electron chi connectivity index (χ1n) is 9.79. The number of benzene rings is 3. The number of nitrogens with zero attached hydrogens (tertiary/aromatic N) is 2. The van der Waals surface area contributed by atoms with Crippen molar-refractivity contribution in [2.75, 3.05) is 0 Å². The molecule has 0 fully saturated rings. The van der Waals surface area contributed by atoms with Crippen molar-refractivity contribution in [2.24, 2.45) is 5.10 Å². The van der Waals surface area contributed by atoms with Gasteiger partial charge in [0.15, 0.2) is 0 Å². The second kappa shape index (κ2) is 9.86. The maximum absolute atomic E-state index is 12.5. The van der Waals surface area contributed by atoms with Gasteiger partial charge in [-0.3, -0.25) is 4.79 Å². The summed E-state index contributed by atoms with van der Waals surface area (Å²) in [5.74, 6) is -0.0377. The average molecular weight is 647 g/mol. The van der Waals surface area contributed by atoms with E-state index in [1.807, 2.05) is 30.3 Å². The van der Waals surface area contributed by atoms with Crippen LogP contribution in [0, 0.1) is 14.1 Å². The first-order chi connectivity index (χ1) is 15.4. The Balaban J connectivity index is 1.50. The van der Waals surface area contributed by atoms with Gasteiger partial charge >= 0.3 is 0 Å². The van der Waals surface area contributed by atoms with Gasteiger partial charge in [0, 0.05) is 16.9 Å². The number of hydrogen-bond donors (Lipinski definition) is 2. The standard InChI is InChI=1S/C25H19I2N3O2/c1-16-7-12-23(18-5-3-2-4-6-18)30(16)20-10-8-19(9-11-20)25(32)29-28-15-17-13-21(26)24(31)22(27)14-17/h2-15,31H,1H3,(H,29,32)/b28-15+. The van der Waals surface area contributed by atoms with Crippen molar-refractivity contribution in [3.05, 3.63) is 103 Å². The summed E-state index contributed by atoms with van der Waals surface area (Å²) < 4.78 is 3.63. The number of aromatic nitrogens is 1. The molecule has 4 rings (SSSR count). The molecule has 4 aromatic rings. The highest BCUT2D eigenvalue weighted by Gasteiger charge is 2.11. The van der Waals surface area contributed by atoms with Gasteiger partial charge in [0.1, 0.15) is 5.75 Å². The van der Waals surface area contributed by atoms with E-state index in [9.17, 15) is 9.90 Å². The van der Waals surface area contributed by atoms with Crippen LogP contribution >= 0.6 is 45.2 Å². The minimum absolute atomic E-state index is 0.251. The summed E-state index contributed by atoms with van der Waals surface area (Å²) in [6, 6.07) is 25.5. The average Bonchev–Trinajstić information content (AvgIpc) is 3.19. The molecule has 0 aliphatic heterocycles. The predicted octanol–water partition coefficient (Wildman–Crippen LogP) is 6.13. The Morgan fingerprint density at radius 3 is 2.28 bits per heavy atom. The lowest BCUT2D eigenvalue weighted by Gasteiger charge is -2.12. The molecule has 2 N–H and O–H groups in total. The summed E-state index contributed by atoms with van der Waals surface area (Å²) in [4.78, 5) is 12.5. The Kier molecular flexibility index (Phi) is 6.95. The van der Waals surface area contributed by atoms with Crippen molar-refractivity contribution in [3.63, 3.8) is 0 Å². The molecule has 0 aliphatic rings. The second-order valence-corrected chi connectivity index (χ2v) is 9.46. The fourth-order valence-corrected chi connectivity index (χ4v) is 5.18. The van der Waals surface area contributed by atoms with E-state index in [4.69, 9.17) is 0 Å². The molecular weight excluding hydrogens is 628 g/mol. The highest BCUT2D eigenvalue weighted by Crippen LogP contribution is 2.27. The molecule has 1 aromatic heterocycles. The van der Waals surface area contributed by atoms with Gasteiger partial charge in [-0.15, -0.1) is 0 Å². The molecule has 5 nitrogen and oxygen atoms in total. The molecule has 0 spiro atoms. The van der Waals surface area contributed by atoms with Crippen LogP contribution in [-0.4, -0.2) is 21.8 Å². The number of phenols is 1. The number of hydrogen-bond acceptors (Lipinski definition) is 3. The van der Waals surface area contributed by atoms with E-state index in [0.29, 0.717) is 5.56 Å². The number of carbonyl (C=O) groups is 1. The van der Waals surface area contributed by atoms with Crippen molar-refractivity contribution >= 4 is 57.3 Å². The van der Waals surface area contributed by atoms with E-state index >= 15 is 0 Å². The van der Waals surface area contributed by atoms with Gasteiger partial charge in [-0.05, 0) is 112 Å². The third kappa shape index (κ3) is 4.88. The first-order valence-corrected chi connectivity index (χ1v) is 12.0. The third-order valence-corrected chi connectivity index (χ3v) is 6.60. The molecule has 160 valence electrons. The zero-order valence-corrected chi connectivity index (χ0v) is 21.4. The maximum Gasteiger partial charge on any atom is 0.271 e. The predicted molar refractivity (Wildman–Crippen MR) is 145 cm³/mol. The zero-order chi connectivity index (χ0) is 22.7. The van der Waals surface area contributed by atoms with Crippen molar-refractivity contribution in [1.82, 2.24) is 9.99 Å². The lowest BCUT2D eigenvalue weighted by molar-refractivity contribution is 0.0955. The number of aryl methyl sites for hydroxylation is 1. The Labute approximate surface area is 213 Å². The molecule has 0 unspecified atom stereocenters. The normalized spacial score (nSPS) is 11.1. The van der Waals surface area contributed by atoms with Crippen molar-refractivity contribution in [3.8, 4) is 22.7 Å². The van der Waals surface area contributed by atoms with Crippen LogP contribution in [0.5, 0.6) is 5.75 Å². The number of halogens is 2. The quantitative estimate of drug-likeness (QED) is 0.156. The first kappa shape index (κ1) is 22.5. The largest absolute Gasteiger partial charge is 0.506 e. The number of carbonyl (C=O) groups excluding carboxylic acids is 1. The van der Waals surface area contributed by atoms with Gasteiger partial charge < -0.3 is 9.67 Å². The number of hydrazone groups is 1. The molecule has 1 heterocycles. The minimum atomic E-state index is -0.288. The molecule has 3 aromatic carbocycles. The third-order valence-electron chi connectivity index (χ3n) is 4.95. The second-order valence-electron chi connectivity index (χ2n) is 7.14. The maximum atomic E-state index is 12.5. The summed E-state index contributed by atoms with van der Waals surface area (Å²) in [6.45, 7) is 2.06. The van der Waals surface area contributed by atoms with E-state index in [0.717, 1.165) is 35.3 Å². The Morgan fingerprint density at radius 2 is 1.62 bits per heavy atom. The smallest absolute Gasteiger partial charge is 0.271 e. The topological polar surface area (TPSA) is 66.6 Å². The molecule has 7 heteroatoms. The summed E-state index contributed by atoms with van der Waals surface area (Å²) in [6.07, 6.45) is 1.56. The van der Waals surface area contributed by atoms with Gasteiger partial charge in [-0.25, -0.2) is 5.43 Å². The van der Waals surface area contributed by atoms with Gasteiger partial charge in [0.25, 0.3) is 5.91 Å². The van der Waals surface area contributed by atoms with Gasteiger partial charge in [0.2, 0.25) is 0 Å². The minimum Gasteiger partial charge on any atom is -0.506 e. The molecule has 1 amide bonds. The summed E-state index contributed by atoms with van der Waals surface area (Å²) in [5, 5.41) is 13.9. The van der Waals surface area contributed by atoms with Crippen molar-refractivity contribution in [2.45, 2.75) is 6.92 Å². The van der Waals surface area contributed by atoms with Crippen LogP contribution in [0.3, 0.4) is 0 Å². The SMILES string of the molecule is Cc1ccc(-c2ccccc2)n1-c1ccc(C(=O)N/N=C/c2cc(I)c(O)c(I)c2)cc1. The molecule has 0 atom stereocenters. The van der Waals surface area contributed by atoms with Crippen LogP contribution in [0.4, 0.5) is 0 Å². The summed E-state index contributed by atoms with van der Waals surface area (Å²) in [5.41, 5.74) is 8.21. The van der Waals surface area contributed by atoms with Crippen LogP contribution in [0.15, 0.2) is 84.0 Å². The number of phenolic OH excluding ortho intramolecular Hbond substituents is 1. The van der Waals surface area contributed by atoms with E-state index in [1.165, 1.54) is 0 Å². The van der Waals surface area contributed by atoms with Crippen molar-refractivity contribution in [1.29, 1.82) is 0 Å². The Morgan fingerprint density at radius 1 is 0.969 bits per heavy atom. The molecule has 0 radical (unpaired) electrons. The number of aromatic hydroxyl groups is 1. The van der Waals surface area contributed by atoms with Crippen LogP contribution in [0.2, 0.25) is 0 Å². The molecule has 0 aliphatic carbocycles. The summed E-state index contributed by atoms with van der Waals surface area (Å²) in [7, 11) is 0. The van der Waals surface area contributed by atoms with Crippen LogP contribution in [0.1, 0.15) is 21.6 Å². The fraction of sp³-hybridized carbons (Fsp3) is 0.0400. The van der Waals surface area contributed by atoms with Crippen LogP contribution < -0.4 is 5.43 Å². The van der Waals surface area contributed by atoms with E-state index in [-0.39, 0.29) is 11.7 Å². The monoisotopic (exact) mass is 647 g/mol. The van der Waals surface area contributed by atoms with Gasteiger partial charge in [-0.2, -0.15) is 5.10 Å². The van der Waals surface area contributed by atoms with Crippen LogP contribution in [-0.2, 0) is 0 Å². The van der Waals surface area contributed by atoms with Crippen molar-refractivity contribution < 1.29 is 9.90 Å².